The van der Waals surface area contributed by atoms with Gasteiger partial charge in [0.05, 0.1) is 5.69 Å². The minimum Gasteiger partial charge on any atom is -0.314 e. The second-order valence-electron chi connectivity index (χ2n) is 5.10. The topological polar surface area (TPSA) is 28.2 Å². The molecule has 1 aromatic rings. The first kappa shape index (κ1) is 12.0. The van der Waals surface area contributed by atoms with Crippen molar-refractivity contribution in [2.75, 3.05) is 13.6 Å². The van der Waals surface area contributed by atoms with E-state index >= 15 is 0 Å². The highest BCUT2D eigenvalue weighted by Crippen LogP contribution is 2.29. The summed E-state index contributed by atoms with van der Waals surface area (Å²) in [6.45, 7) is 7.77. The molecule has 0 aromatic carbocycles. The summed E-state index contributed by atoms with van der Waals surface area (Å²) in [7, 11) is 1.96. The molecule has 3 nitrogen and oxygen atoms in total. The Morgan fingerprint density at radius 2 is 2.38 bits per heavy atom. The van der Waals surface area contributed by atoms with Gasteiger partial charge in [0.1, 0.15) is 5.01 Å². The largest absolute Gasteiger partial charge is 0.314 e. The van der Waals surface area contributed by atoms with Crippen molar-refractivity contribution in [2.24, 2.45) is 0 Å². The van der Waals surface area contributed by atoms with Gasteiger partial charge >= 0.3 is 0 Å². The fourth-order valence-corrected chi connectivity index (χ4v) is 3.10. The molecular weight excluding hydrogens is 218 g/mol. The second kappa shape index (κ2) is 4.82. The molecule has 4 heteroatoms. The Kier molecular flexibility index (Phi) is 3.62. The van der Waals surface area contributed by atoms with Gasteiger partial charge in [-0.25, -0.2) is 4.98 Å². The average molecular weight is 239 g/mol. The highest BCUT2D eigenvalue weighted by Gasteiger charge is 2.31. The molecule has 0 unspecified atom stereocenters. The van der Waals surface area contributed by atoms with Crippen LogP contribution >= 0.6 is 11.3 Å². The lowest BCUT2D eigenvalue weighted by Gasteiger charge is -2.30. The van der Waals surface area contributed by atoms with Gasteiger partial charge in [-0.1, -0.05) is 0 Å². The fourth-order valence-electron chi connectivity index (χ4n) is 2.31. The first-order valence-corrected chi connectivity index (χ1v) is 6.83. The highest BCUT2D eigenvalue weighted by molar-refractivity contribution is 7.09. The molecule has 1 aliphatic heterocycles. The zero-order chi connectivity index (χ0) is 11.6. The molecular formula is C12H21N3S. The number of nitrogens with zero attached hydrogens (tertiary/aromatic N) is 2. The molecule has 90 valence electrons. The maximum absolute atomic E-state index is 4.64. The van der Waals surface area contributed by atoms with Gasteiger partial charge in [-0.05, 0) is 40.3 Å². The number of likely N-dealkylation sites (tertiary alicyclic amines) is 1. The van der Waals surface area contributed by atoms with Gasteiger partial charge < -0.3 is 5.32 Å². The summed E-state index contributed by atoms with van der Waals surface area (Å²) >= 11 is 1.76. The van der Waals surface area contributed by atoms with Crippen LogP contribution in [-0.2, 0) is 13.1 Å². The van der Waals surface area contributed by atoms with Crippen LogP contribution in [0.5, 0.6) is 0 Å². The molecule has 0 radical (unpaired) electrons. The van der Waals surface area contributed by atoms with E-state index in [2.05, 4.69) is 34.4 Å². The Morgan fingerprint density at radius 3 is 3.00 bits per heavy atom. The first-order valence-electron chi connectivity index (χ1n) is 5.95. The lowest BCUT2D eigenvalue weighted by molar-refractivity contribution is 0.165. The van der Waals surface area contributed by atoms with Gasteiger partial charge in [0.15, 0.2) is 0 Å². The summed E-state index contributed by atoms with van der Waals surface area (Å²) in [6.07, 6.45) is 2.63. The normalized spacial score (nSPS) is 20.4. The number of rotatable bonds is 4. The van der Waals surface area contributed by atoms with E-state index < -0.39 is 0 Å². The SMILES string of the molecule is CNCc1nc(CN2CCCC2(C)C)cs1. The van der Waals surface area contributed by atoms with Gasteiger partial charge in [0, 0.05) is 24.0 Å². The standard InChI is InChI=1S/C12H21N3S/c1-12(2)5-4-6-15(12)8-10-9-16-11(14-10)7-13-3/h9,13H,4-8H2,1-3H3. The fraction of sp³-hybridized carbons (Fsp3) is 0.750. The predicted octanol–water partition coefficient (Wildman–Crippen LogP) is 2.24. The molecule has 1 saturated heterocycles. The molecule has 2 rings (SSSR count). The van der Waals surface area contributed by atoms with Crippen molar-refractivity contribution in [1.29, 1.82) is 0 Å². The van der Waals surface area contributed by atoms with E-state index in [1.165, 1.54) is 30.1 Å². The maximum Gasteiger partial charge on any atom is 0.107 e. The van der Waals surface area contributed by atoms with Crippen LogP contribution in [0.4, 0.5) is 0 Å². The Bertz CT molecular complexity index is 346. The average Bonchev–Trinajstić information content (AvgIpc) is 2.76. The highest BCUT2D eigenvalue weighted by atomic mass is 32.1. The minimum atomic E-state index is 0.354. The second-order valence-corrected chi connectivity index (χ2v) is 6.04. The van der Waals surface area contributed by atoms with Gasteiger partial charge in [-0.15, -0.1) is 11.3 Å². The van der Waals surface area contributed by atoms with Crippen molar-refractivity contribution in [1.82, 2.24) is 15.2 Å². The van der Waals surface area contributed by atoms with E-state index in [0.717, 1.165) is 13.1 Å². The Labute approximate surface area is 102 Å². The summed E-state index contributed by atoms with van der Waals surface area (Å²) < 4.78 is 0. The molecule has 0 aliphatic carbocycles. The Hall–Kier alpha value is -0.450. The molecule has 0 atom stereocenters. The Balaban J connectivity index is 1.98. The number of hydrogen-bond donors (Lipinski definition) is 1. The number of nitrogens with one attached hydrogen (secondary N) is 1. The zero-order valence-electron chi connectivity index (χ0n) is 10.4. The quantitative estimate of drug-likeness (QED) is 0.873. The van der Waals surface area contributed by atoms with Gasteiger partial charge in [0.25, 0.3) is 0 Å². The van der Waals surface area contributed by atoms with Gasteiger partial charge in [0.2, 0.25) is 0 Å². The summed E-state index contributed by atoms with van der Waals surface area (Å²) in [6, 6.07) is 0. The summed E-state index contributed by atoms with van der Waals surface area (Å²) in [5.74, 6) is 0. The molecule has 2 heterocycles. The minimum absolute atomic E-state index is 0.354. The van der Waals surface area contributed by atoms with Crippen molar-refractivity contribution >= 4 is 11.3 Å². The lowest BCUT2D eigenvalue weighted by Crippen LogP contribution is -2.37. The smallest absolute Gasteiger partial charge is 0.107 e. The van der Waals surface area contributed by atoms with Crippen LogP contribution < -0.4 is 5.32 Å². The predicted molar refractivity (Wildman–Crippen MR) is 68.6 cm³/mol. The van der Waals surface area contributed by atoms with Gasteiger partial charge in [-0.3, -0.25) is 4.90 Å². The molecule has 0 spiro atoms. The third kappa shape index (κ3) is 2.62. The van der Waals surface area contributed by atoms with E-state index in [-0.39, 0.29) is 0 Å². The van der Waals surface area contributed by atoms with Gasteiger partial charge in [-0.2, -0.15) is 0 Å². The van der Waals surface area contributed by atoms with Crippen LogP contribution in [0.1, 0.15) is 37.4 Å². The van der Waals surface area contributed by atoms with Crippen LogP contribution in [0.25, 0.3) is 0 Å². The van der Waals surface area contributed by atoms with Crippen LogP contribution in [0.15, 0.2) is 5.38 Å². The third-order valence-electron chi connectivity index (χ3n) is 3.35. The van der Waals surface area contributed by atoms with Crippen LogP contribution in [-0.4, -0.2) is 29.0 Å². The zero-order valence-corrected chi connectivity index (χ0v) is 11.2. The van der Waals surface area contributed by atoms with E-state index in [0.29, 0.717) is 5.54 Å². The summed E-state index contributed by atoms with van der Waals surface area (Å²) in [5, 5.41) is 6.53. The third-order valence-corrected chi connectivity index (χ3v) is 4.25. The van der Waals surface area contributed by atoms with E-state index in [4.69, 9.17) is 0 Å². The Morgan fingerprint density at radius 1 is 1.56 bits per heavy atom. The van der Waals surface area contributed by atoms with Crippen LogP contribution in [0, 0.1) is 0 Å². The molecule has 1 N–H and O–H groups in total. The maximum atomic E-state index is 4.64. The molecule has 0 saturated carbocycles. The monoisotopic (exact) mass is 239 g/mol. The van der Waals surface area contributed by atoms with E-state index in [9.17, 15) is 0 Å². The molecule has 0 amide bonds. The van der Waals surface area contributed by atoms with Crippen LogP contribution in [0.2, 0.25) is 0 Å². The molecule has 1 aliphatic rings. The van der Waals surface area contributed by atoms with Crippen molar-refractivity contribution in [3.8, 4) is 0 Å². The van der Waals surface area contributed by atoms with Crippen molar-refractivity contribution in [3.63, 3.8) is 0 Å². The molecule has 0 bridgehead atoms. The van der Waals surface area contributed by atoms with Crippen molar-refractivity contribution < 1.29 is 0 Å². The summed E-state index contributed by atoms with van der Waals surface area (Å²) in [5.41, 5.74) is 1.58. The number of hydrogen-bond acceptors (Lipinski definition) is 4. The van der Waals surface area contributed by atoms with E-state index in [1.807, 2.05) is 7.05 Å². The summed E-state index contributed by atoms with van der Waals surface area (Å²) in [4.78, 5) is 7.19. The number of aromatic nitrogens is 1. The van der Waals surface area contributed by atoms with E-state index in [1.54, 1.807) is 11.3 Å². The molecule has 16 heavy (non-hydrogen) atoms. The number of thiazole rings is 1. The molecule has 1 fully saturated rings. The first-order chi connectivity index (χ1) is 7.62. The lowest BCUT2D eigenvalue weighted by atomic mass is 10.0. The van der Waals surface area contributed by atoms with Crippen LogP contribution in [0.3, 0.4) is 0 Å². The van der Waals surface area contributed by atoms with Crippen molar-refractivity contribution in [3.05, 3.63) is 16.1 Å². The molecule has 1 aromatic heterocycles. The van der Waals surface area contributed by atoms with Crippen molar-refractivity contribution in [2.45, 2.75) is 45.3 Å².